The molecule has 0 radical (unpaired) electrons. The first-order chi connectivity index (χ1) is 12.5. The van der Waals surface area contributed by atoms with Crippen molar-refractivity contribution in [2.45, 2.75) is 46.5 Å². The molecule has 3 rings (SSSR count). The molecular formula is C24H37NO. The van der Waals surface area contributed by atoms with Crippen LogP contribution in [0.25, 0.3) is 0 Å². The maximum Gasteiger partial charge on any atom is 0.119 e. The van der Waals surface area contributed by atoms with Crippen molar-refractivity contribution in [3.63, 3.8) is 0 Å². The second-order valence-corrected chi connectivity index (χ2v) is 8.91. The number of hydrogen-bond donors (Lipinski definition) is 0. The summed E-state index contributed by atoms with van der Waals surface area (Å²) in [4.78, 5) is 2.46. The van der Waals surface area contributed by atoms with E-state index in [0.717, 1.165) is 48.5 Å². The van der Waals surface area contributed by atoms with E-state index in [1.54, 1.807) is 5.57 Å². The molecule has 144 valence electrons. The van der Waals surface area contributed by atoms with E-state index in [9.17, 15) is 0 Å². The monoisotopic (exact) mass is 355 g/mol. The average molecular weight is 356 g/mol. The van der Waals surface area contributed by atoms with E-state index in [1.165, 1.54) is 32.2 Å². The number of para-hydroxylation sites is 1. The fraction of sp³-hybridized carbons (Fsp3) is 0.667. The molecule has 2 heteroatoms. The standard InChI is InChI=1S/C24H37NO/c1-18-10-12-22-19(2)11-13-23(24(22)16-18)20(3)17-25(4)14-15-26-21-8-6-5-7-9-21/h5-9,16,19-20,22-24H,10-15,17H2,1-4H3. The summed E-state index contributed by atoms with van der Waals surface area (Å²) in [6.07, 6.45) is 8.20. The molecule has 1 aromatic rings. The molecule has 0 amide bonds. The quantitative estimate of drug-likeness (QED) is 0.586. The van der Waals surface area contributed by atoms with E-state index in [2.05, 4.69) is 38.8 Å². The van der Waals surface area contributed by atoms with Crippen LogP contribution in [0.2, 0.25) is 0 Å². The van der Waals surface area contributed by atoms with E-state index in [4.69, 9.17) is 4.74 Å². The highest BCUT2D eigenvalue weighted by atomic mass is 16.5. The number of nitrogens with zero attached hydrogens (tertiary/aromatic N) is 1. The Morgan fingerprint density at radius 1 is 1.15 bits per heavy atom. The van der Waals surface area contributed by atoms with Crippen molar-refractivity contribution in [2.24, 2.45) is 29.6 Å². The third-order valence-corrected chi connectivity index (χ3v) is 6.84. The van der Waals surface area contributed by atoms with E-state index in [1.807, 2.05) is 30.3 Å². The van der Waals surface area contributed by atoms with Gasteiger partial charge in [0.2, 0.25) is 0 Å². The van der Waals surface area contributed by atoms with Crippen LogP contribution in [0.3, 0.4) is 0 Å². The lowest BCUT2D eigenvalue weighted by molar-refractivity contribution is 0.0687. The zero-order valence-electron chi connectivity index (χ0n) is 17.2. The maximum absolute atomic E-state index is 5.87. The lowest BCUT2D eigenvalue weighted by Crippen LogP contribution is -2.40. The number of allylic oxidation sites excluding steroid dienone is 2. The van der Waals surface area contributed by atoms with Crippen molar-refractivity contribution < 1.29 is 4.74 Å². The van der Waals surface area contributed by atoms with Crippen molar-refractivity contribution in [2.75, 3.05) is 26.7 Å². The molecule has 5 atom stereocenters. The summed E-state index contributed by atoms with van der Waals surface area (Å²) >= 11 is 0. The minimum absolute atomic E-state index is 0.749. The van der Waals surface area contributed by atoms with Gasteiger partial charge in [0.15, 0.2) is 0 Å². The van der Waals surface area contributed by atoms with Crippen molar-refractivity contribution in [3.8, 4) is 5.75 Å². The summed E-state index contributed by atoms with van der Waals surface area (Å²) in [6, 6.07) is 10.1. The number of likely N-dealkylation sites (N-methyl/N-ethyl adjacent to an activating group) is 1. The lowest BCUT2D eigenvalue weighted by Gasteiger charge is -2.46. The Labute approximate surface area is 160 Å². The summed E-state index contributed by atoms with van der Waals surface area (Å²) < 4.78 is 5.87. The van der Waals surface area contributed by atoms with Crippen LogP contribution in [0.5, 0.6) is 5.75 Å². The highest BCUT2D eigenvalue weighted by Crippen LogP contribution is 2.47. The van der Waals surface area contributed by atoms with Crippen LogP contribution in [0.1, 0.15) is 46.5 Å². The van der Waals surface area contributed by atoms with Gasteiger partial charge < -0.3 is 9.64 Å². The zero-order chi connectivity index (χ0) is 18.5. The third kappa shape index (κ3) is 4.91. The molecule has 0 spiro atoms. The van der Waals surface area contributed by atoms with E-state index in [-0.39, 0.29) is 0 Å². The topological polar surface area (TPSA) is 12.5 Å². The minimum atomic E-state index is 0.749. The van der Waals surface area contributed by atoms with Crippen LogP contribution in [-0.2, 0) is 0 Å². The van der Waals surface area contributed by atoms with Gasteiger partial charge in [-0.15, -0.1) is 0 Å². The molecule has 0 aromatic heterocycles. The van der Waals surface area contributed by atoms with Crippen LogP contribution in [0, 0.1) is 29.6 Å². The summed E-state index contributed by atoms with van der Waals surface area (Å²) in [5.41, 5.74) is 1.63. The van der Waals surface area contributed by atoms with Gasteiger partial charge in [0.05, 0.1) is 0 Å². The fourth-order valence-corrected chi connectivity index (χ4v) is 5.31. The molecule has 1 aromatic carbocycles. The Morgan fingerprint density at radius 2 is 1.92 bits per heavy atom. The lowest BCUT2D eigenvalue weighted by atomic mass is 9.60. The van der Waals surface area contributed by atoms with Gasteiger partial charge in [-0.25, -0.2) is 0 Å². The fourth-order valence-electron chi connectivity index (χ4n) is 5.31. The molecule has 2 aliphatic rings. The molecule has 1 saturated carbocycles. The van der Waals surface area contributed by atoms with Gasteiger partial charge in [-0.05, 0) is 75.0 Å². The van der Waals surface area contributed by atoms with Crippen LogP contribution in [0.4, 0.5) is 0 Å². The van der Waals surface area contributed by atoms with Gasteiger partial charge in [-0.3, -0.25) is 0 Å². The van der Waals surface area contributed by atoms with E-state index >= 15 is 0 Å². The Kier molecular flexibility index (Phi) is 6.80. The smallest absolute Gasteiger partial charge is 0.119 e. The maximum atomic E-state index is 5.87. The second-order valence-electron chi connectivity index (χ2n) is 8.91. The van der Waals surface area contributed by atoms with Crippen molar-refractivity contribution >= 4 is 0 Å². The largest absolute Gasteiger partial charge is 0.492 e. The normalized spacial score (nSPS) is 29.8. The van der Waals surface area contributed by atoms with Crippen molar-refractivity contribution in [3.05, 3.63) is 42.0 Å². The molecule has 0 saturated heterocycles. The predicted molar refractivity (Wildman–Crippen MR) is 110 cm³/mol. The van der Waals surface area contributed by atoms with Crippen LogP contribution >= 0.6 is 0 Å². The van der Waals surface area contributed by atoms with Crippen LogP contribution in [-0.4, -0.2) is 31.6 Å². The molecule has 26 heavy (non-hydrogen) atoms. The third-order valence-electron chi connectivity index (χ3n) is 6.84. The Hall–Kier alpha value is -1.28. The summed E-state index contributed by atoms with van der Waals surface area (Å²) in [5.74, 6) is 5.22. The van der Waals surface area contributed by atoms with Gasteiger partial charge in [0, 0.05) is 13.1 Å². The van der Waals surface area contributed by atoms with Gasteiger partial charge in [0.25, 0.3) is 0 Å². The Bertz CT molecular complexity index is 581. The Balaban J connectivity index is 1.50. The highest BCUT2D eigenvalue weighted by Gasteiger charge is 2.39. The second kappa shape index (κ2) is 9.08. The minimum Gasteiger partial charge on any atom is -0.492 e. The molecule has 2 nitrogen and oxygen atoms in total. The van der Waals surface area contributed by atoms with Crippen molar-refractivity contribution in [1.82, 2.24) is 4.90 Å². The van der Waals surface area contributed by atoms with Crippen LogP contribution in [0.15, 0.2) is 42.0 Å². The zero-order valence-corrected chi connectivity index (χ0v) is 17.2. The molecule has 2 aliphatic carbocycles. The summed E-state index contributed by atoms with van der Waals surface area (Å²) in [6.45, 7) is 10.2. The first-order valence-electron chi connectivity index (χ1n) is 10.6. The van der Waals surface area contributed by atoms with E-state index in [0.29, 0.717) is 0 Å². The number of benzene rings is 1. The molecule has 5 unspecified atom stereocenters. The predicted octanol–water partition coefficient (Wildman–Crippen LogP) is 5.65. The van der Waals surface area contributed by atoms with Gasteiger partial charge in [-0.1, -0.05) is 50.1 Å². The highest BCUT2D eigenvalue weighted by molar-refractivity contribution is 5.20. The molecule has 0 N–H and O–H groups in total. The number of fused-ring (bicyclic) bond motifs is 1. The van der Waals surface area contributed by atoms with Gasteiger partial charge >= 0.3 is 0 Å². The van der Waals surface area contributed by atoms with Crippen LogP contribution < -0.4 is 4.74 Å². The van der Waals surface area contributed by atoms with Gasteiger partial charge in [-0.2, -0.15) is 0 Å². The molecular weight excluding hydrogens is 318 g/mol. The first-order valence-corrected chi connectivity index (χ1v) is 10.6. The number of hydrogen-bond acceptors (Lipinski definition) is 2. The number of rotatable bonds is 7. The SMILES string of the molecule is CC1=CC2C(CC1)C(C)CCC2C(C)CN(C)CCOc1ccccc1. The first kappa shape index (κ1) is 19.5. The van der Waals surface area contributed by atoms with E-state index < -0.39 is 0 Å². The molecule has 0 aliphatic heterocycles. The summed E-state index contributed by atoms with van der Waals surface area (Å²) in [7, 11) is 2.25. The summed E-state index contributed by atoms with van der Waals surface area (Å²) in [5, 5.41) is 0. The van der Waals surface area contributed by atoms with Gasteiger partial charge in [0.1, 0.15) is 12.4 Å². The average Bonchev–Trinajstić information content (AvgIpc) is 2.62. The Morgan fingerprint density at radius 3 is 2.69 bits per heavy atom. The molecule has 1 fully saturated rings. The van der Waals surface area contributed by atoms with Crippen molar-refractivity contribution in [1.29, 1.82) is 0 Å². The molecule has 0 heterocycles. The number of ether oxygens (including phenoxy) is 1. The molecule has 0 bridgehead atoms.